The van der Waals surface area contributed by atoms with Crippen LogP contribution in [-0.2, 0) is 0 Å². The van der Waals surface area contributed by atoms with Crippen LogP contribution < -0.4 is 19.5 Å². The van der Waals surface area contributed by atoms with Crippen molar-refractivity contribution in [3.63, 3.8) is 0 Å². The molecule has 1 aliphatic heterocycles. The van der Waals surface area contributed by atoms with Gasteiger partial charge in [0.25, 0.3) is 0 Å². The van der Waals surface area contributed by atoms with E-state index in [0.29, 0.717) is 29.4 Å². The van der Waals surface area contributed by atoms with Crippen LogP contribution in [0.4, 0.5) is 0 Å². The molecule has 0 saturated heterocycles. The van der Waals surface area contributed by atoms with Crippen molar-refractivity contribution in [2.45, 2.75) is 6.04 Å². The largest absolute Gasteiger partial charge is 0.493 e. The number of methoxy groups -OCH3 is 3. The van der Waals surface area contributed by atoms with Crippen LogP contribution in [0.25, 0.3) is 0 Å². The van der Waals surface area contributed by atoms with E-state index < -0.39 is 6.04 Å². The van der Waals surface area contributed by atoms with Crippen molar-refractivity contribution >= 4 is 23.0 Å². The van der Waals surface area contributed by atoms with Crippen molar-refractivity contribution in [3.05, 3.63) is 40.1 Å². The van der Waals surface area contributed by atoms with Gasteiger partial charge in [-0.3, -0.25) is 9.79 Å². The summed E-state index contributed by atoms with van der Waals surface area (Å²) in [6, 6.07) is 6.77. The molecule has 0 spiro atoms. The molecule has 0 amide bonds. The van der Waals surface area contributed by atoms with E-state index in [4.69, 9.17) is 14.2 Å². The number of carbonyl (C=O) groups excluding carboxylic acids is 1. The third-order valence-electron chi connectivity index (χ3n) is 3.75. The van der Waals surface area contributed by atoms with E-state index in [1.165, 1.54) is 21.3 Å². The van der Waals surface area contributed by atoms with Crippen LogP contribution in [0.2, 0.25) is 0 Å². The quantitative estimate of drug-likeness (QED) is 0.813. The van der Waals surface area contributed by atoms with Gasteiger partial charge in [0.1, 0.15) is 11.9 Å². The zero-order valence-electron chi connectivity index (χ0n) is 13.7. The topological polar surface area (TPSA) is 69.2 Å². The fraction of sp³-hybridized carbons (Fsp3) is 0.294. The first-order valence-electron chi connectivity index (χ1n) is 7.37. The average molecular weight is 346 g/mol. The summed E-state index contributed by atoms with van der Waals surface area (Å²) in [7, 11) is 4.58. The Morgan fingerprint density at radius 1 is 1.21 bits per heavy atom. The SMILES string of the molecule is COc1cc(C(=O)C2CNC(c3cccs3)=N2)cc(OC)c1OC. The predicted molar refractivity (Wildman–Crippen MR) is 93.1 cm³/mol. The second-order valence-corrected chi connectivity index (χ2v) is 6.08. The maximum absolute atomic E-state index is 12.8. The van der Waals surface area contributed by atoms with E-state index in [1.54, 1.807) is 23.5 Å². The molecule has 1 N–H and O–H groups in total. The highest BCUT2D eigenvalue weighted by Crippen LogP contribution is 2.38. The number of Topliss-reactive ketones (excluding diaryl/α,β-unsaturated/α-hetero) is 1. The van der Waals surface area contributed by atoms with Gasteiger partial charge in [0, 0.05) is 12.1 Å². The number of ether oxygens (including phenoxy) is 3. The summed E-state index contributed by atoms with van der Waals surface area (Å²) in [6.45, 7) is 0.475. The lowest BCUT2D eigenvalue weighted by atomic mass is 10.0. The molecule has 24 heavy (non-hydrogen) atoms. The monoisotopic (exact) mass is 346 g/mol. The Morgan fingerprint density at radius 2 is 1.92 bits per heavy atom. The van der Waals surface area contributed by atoms with Gasteiger partial charge >= 0.3 is 0 Å². The van der Waals surface area contributed by atoms with Crippen LogP contribution in [0.3, 0.4) is 0 Å². The van der Waals surface area contributed by atoms with E-state index >= 15 is 0 Å². The lowest BCUT2D eigenvalue weighted by molar-refractivity contribution is 0.0966. The van der Waals surface area contributed by atoms with Gasteiger partial charge in [-0.1, -0.05) is 6.07 Å². The Balaban J connectivity index is 1.90. The number of nitrogens with one attached hydrogen (secondary N) is 1. The molecular formula is C17H18N2O4S. The van der Waals surface area contributed by atoms with Gasteiger partial charge in [-0.15, -0.1) is 11.3 Å². The molecule has 3 rings (SSSR count). The van der Waals surface area contributed by atoms with Gasteiger partial charge in [-0.25, -0.2) is 0 Å². The molecule has 0 bridgehead atoms. The van der Waals surface area contributed by atoms with Crippen LogP contribution in [0.5, 0.6) is 17.2 Å². The van der Waals surface area contributed by atoms with Crippen LogP contribution >= 0.6 is 11.3 Å². The van der Waals surface area contributed by atoms with E-state index in [9.17, 15) is 4.79 Å². The molecule has 0 saturated carbocycles. The Hall–Kier alpha value is -2.54. The van der Waals surface area contributed by atoms with E-state index in [2.05, 4.69) is 10.3 Å². The van der Waals surface area contributed by atoms with Crippen LogP contribution in [-0.4, -0.2) is 45.5 Å². The Kier molecular flexibility index (Phi) is 4.71. The molecule has 7 heteroatoms. The minimum atomic E-state index is -0.468. The lowest BCUT2D eigenvalue weighted by Crippen LogP contribution is -2.26. The van der Waals surface area contributed by atoms with Gasteiger partial charge in [-0.2, -0.15) is 0 Å². The normalized spacial score (nSPS) is 16.3. The molecule has 2 aromatic rings. The summed E-state index contributed by atoms with van der Waals surface area (Å²) in [5.74, 6) is 2.04. The number of ketones is 1. The third kappa shape index (κ3) is 2.94. The van der Waals surface area contributed by atoms with Crippen LogP contribution in [0.15, 0.2) is 34.6 Å². The molecule has 1 aromatic heterocycles. The fourth-order valence-corrected chi connectivity index (χ4v) is 3.27. The Morgan fingerprint density at radius 3 is 2.46 bits per heavy atom. The number of nitrogens with zero attached hydrogens (tertiary/aromatic N) is 1. The van der Waals surface area contributed by atoms with Crippen molar-refractivity contribution in [1.29, 1.82) is 0 Å². The Bertz CT molecular complexity index is 746. The molecular weight excluding hydrogens is 328 g/mol. The van der Waals surface area contributed by atoms with E-state index in [-0.39, 0.29) is 5.78 Å². The number of benzene rings is 1. The van der Waals surface area contributed by atoms with Gasteiger partial charge in [0.2, 0.25) is 5.75 Å². The lowest BCUT2D eigenvalue weighted by Gasteiger charge is -2.14. The second kappa shape index (κ2) is 6.92. The molecule has 0 radical (unpaired) electrons. The number of hydrogen-bond acceptors (Lipinski definition) is 7. The minimum absolute atomic E-state index is 0.0895. The highest BCUT2D eigenvalue weighted by atomic mass is 32.1. The fourth-order valence-electron chi connectivity index (χ4n) is 2.57. The summed E-state index contributed by atoms with van der Waals surface area (Å²) in [5, 5.41) is 5.17. The van der Waals surface area contributed by atoms with Gasteiger partial charge in [0.05, 0.1) is 26.2 Å². The smallest absolute Gasteiger partial charge is 0.203 e. The highest BCUT2D eigenvalue weighted by molar-refractivity contribution is 7.12. The maximum atomic E-state index is 12.8. The highest BCUT2D eigenvalue weighted by Gasteiger charge is 2.28. The molecule has 0 aliphatic carbocycles. The zero-order chi connectivity index (χ0) is 17.1. The van der Waals surface area contributed by atoms with Crippen molar-refractivity contribution < 1.29 is 19.0 Å². The second-order valence-electron chi connectivity index (χ2n) is 5.13. The maximum Gasteiger partial charge on any atom is 0.203 e. The number of carbonyl (C=O) groups is 1. The van der Waals surface area contributed by atoms with Crippen molar-refractivity contribution in [1.82, 2.24) is 5.32 Å². The van der Waals surface area contributed by atoms with Crippen LogP contribution in [0.1, 0.15) is 15.2 Å². The zero-order valence-corrected chi connectivity index (χ0v) is 14.5. The summed E-state index contributed by atoms with van der Waals surface area (Å²) in [4.78, 5) is 18.3. The molecule has 2 heterocycles. The summed E-state index contributed by atoms with van der Waals surface area (Å²) in [5.41, 5.74) is 0.479. The molecule has 1 aliphatic rings. The standard InChI is InChI=1S/C17H18N2O4S/c1-21-12-7-10(8-13(22-2)16(12)23-3)15(20)11-9-18-17(19-11)14-5-4-6-24-14/h4-8,11H,9H2,1-3H3,(H,18,19). The molecule has 1 unspecified atom stereocenters. The van der Waals surface area contributed by atoms with E-state index in [0.717, 1.165) is 10.7 Å². The molecule has 1 atom stereocenters. The number of aliphatic imine (C=N–C) groups is 1. The number of rotatable bonds is 6. The minimum Gasteiger partial charge on any atom is -0.493 e. The predicted octanol–water partition coefficient (Wildman–Crippen LogP) is 2.38. The molecule has 6 nitrogen and oxygen atoms in total. The third-order valence-corrected chi connectivity index (χ3v) is 4.63. The number of hydrogen-bond donors (Lipinski definition) is 1. The molecule has 0 fully saturated rings. The van der Waals surface area contributed by atoms with Gasteiger partial charge in [0.15, 0.2) is 17.3 Å². The first kappa shape index (κ1) is 16.3. The van der Waals surface area contributed by atoms with Crippen molar-refractivity contribution in [3.8, 4) is 17.2 Å². The summed E-state index contributed by atoms with van der Waals surface area (Å²) < 4.78 is 15.9. The Labute approximate surface area is 144 Å². The molecule has 126 valence electrons. The van der Waals surface area contributed by atoms with Gasteiger partial charge < -0.3 is 19.5 Å². The average Bonchev–Trinajstić information content (AvgIpc) is 3.30. The first-order chi connectivity index (χ1) is 11.7. The number of thiophene rings is 1. The first-order valence-corrected chi connectivity index (χ1v) is 8.25. The summed E-state index contributed by atoms with van der Waals surface area (Å²) in [6.07, 6.45) is 0. The van der Waals surface area contributed by atoms with Gasteiger partial charge in [-0.05, 0) is 23.6 Å². The van der Waals surface area contributed by atoms with Crippen molar-refractivity contribution in [2.24, 2.45) is 4.99 Å². The number of amidine groups is 1. The summed E-state index contributed by atoms with van der Waals surface area (Å²) >= 11 is 1.59. The molecule has 1 aromatic carbocycles. The van der Waals surface area contributed by atoms with Crippen molar-refractivity contribution in [2.75, 3.05) is 27.9 Å². The van der Waals surface area contributed by atoms with Crippen LogP contribution in [0, 0.1) is 0 Å². The van der Waals surface area contributed by atoms with E-state index in [1.807, 2.05) is 17.5 Å².